The number of thiophene rings is 1. The number of benzene rings is 1. The number of thioether (sulfide) groups is 1. The molecule has 0 spiro atoms. The quantitative estimate of drug-likeness (QED) is 0.811. The predicted molar refractivity (Wildman–Crippen MR) is 101 cm³/mol. The van der Waals surface area contributed by atoms with Crippen molar-refractivity contribution < 1.29 is 4.79 Å². The maximum Gasteiger partial charge on any atom is 0.276 e. The highest BCUT2D eigenvalue weighted by atomic mass is 79.9. The lowest BCUT2D eigenvalue weighted by molar-refractivity contribution is -0.116. The van der Waals surface area contributed by atoms with Crippen molar-refractivity contribution in [3.8, 4) is 0 Å². The summed E-state index contributed by atoms with van der Waals surface area (Å²) in [5.41, 5.74) is 1.57. The molecule has 0 radical (unpaired) electrons. The minimum absolute atomic E-state index is 0.143. The predicted octanol–water partition coefficient (Wildman–Crippen LogP) is 2.41. The molecule has 5 nitrogen and oxygen atoms in total. The molecule has 2 aliphatic heterocycles. The summed E-state index contributed by atoms with van der Waals surface area (Å²) in [4.78, 5) is 17.6. The molecular formula is C16H13BrN4OS2. The summed E-state index contributed by atoms with van der Waals surface area (Å²) in [6, 6.07) is 7.80. The molecule has 0 saturated carbocycles. The summed E-state index contributed by atoms with van der Waals surface area (Å²) in [5, 5.41) is 15.5. The number of nitrogens with one attached hydrogen (secondary N) is 1. The van der Waals surface area contributed by atoms with Gasteiger partial charge in [-0.25, -0.2) is 5.01 Å². The van der Waals surface area contributed by atoms with E-state index in [0.717, 1.165) is 26.4 Å². The highest BCUT2D eigenvalue weighted by molar-refractivity contribution is 9.10. The van der Waals surface area contributed by atoms with E-state index in [1.807, 2.05) is 41.9 Å². The van der Waals surface area contributed by atoms with Crippen molar-refractivity contribution in [1.82, 2.24) is 10.3 Å². The van der Waals surface area contributed by atoms with E-state index in [0.29, 0.717) is 10.9 Å². The fourth-order valence-corrected chi connectivity index (χ4v) is 4.31. The average molecular weight is 421 g/mol. The van der Waals surface area contributed by atoms with Gasteiger partial charge in [-0.3, -0.25) is 15.1 Å². The molecule has 4 rings (SSSR count). The van der Waals surface area contributed by atoms with Gasteiger partial charge in [0.15, 0.2) is 11.3 Å². The van der Waals surface area contributed by atoms with Gasteiger partial charge in [-0.2, -0.15) is 11.3 Å². The standard InChI is InChI=1S/C16H13BrN4OS2/c1-2-24-16-19-15(22)13-11-7-10(17)3-4-12(11)18-14(21(13)20-16)9-5-6-23-8-9/h3-8,14H,2H2,1H3,(H,19,20,22). The summed E-state index contributed by atoms with van der Waals surface area (Å²) < 4.78 is 0.906. The molecule has 3 heterocycles. The summed E-state index contributed by atoms with van der Waals surface area (Å²) in [5.74, 6) is 0.695. The first-order chi connectivity index (χ1) is 11.7. The Kier molecular flexibility index (Phi) is 4.19. The molecule has 2 aromatic rings. The van der Waals surface area contributed by atoms with Gasteiger partial charge in [0.25, 0.3) is 5.91 Å². The van der Waals surface area contributed by atoms with Crippen molar-refractivity contribution in [1.29, 1.82) is 0 Å². The van der Waals surface area contributed by atoms with E-state index in [2.05, 4.69) is 26.3 Å². The van der Waals surface area contributed by atoms with Crippen LogP contribution in [0.25, 0.3) is 5.70 Å². The smallest absolute Gasteiger partial charge is 0.276 e. The van der Waals surface area contributed by atoms with Gasteiger partial charge in [0.2, 0.25) is 0 Å². The molecule has 0 bridgehead atoms. The zero-order chi connectivity index (χ0) is 16.7. The van der Waals surface area contributed by atoms with Crippen molar-refractivity contribution in [3.63, 3.8) is 0 Å². The number of rotatable bonds is 2. The van der Waals surface area contributed by atoms with Crippen LogP contribution in [-0.4, -0.2) is 21.8 Å². The van der Waals surface area contributed by atoms with E-state index in [1.54, 1.807) is 16.3 Å². The second-order valence-electron chi connectivity index (χ2n) is 5.21. The molecule has 2 aliphatic rings. The highest BCUT2D eigenvalue weighted by Gasteiger charge is 2.34. The molecule has 0 fully saturated rings. The zero-order valence-electron chi connectivity index (χ0n) is 12.7. The van der Waals surface area contributed by atoms with Gasteiger partial charge in [0, 0.05) is 15.3 Å². The number of amides is 1. The van der Waals surface area contributed by atoms with Crippen LogP contribution in [0.15, 0.2) is 49.6 Å². The van der Waals surface area contributed by atoms with Gasteiger partial charge in [-0.05, 0) is 40.8 Å². The van der Waals surface area contributed by atoms with Crippen LogP contribution in [0.2, 0.25) is 0 Å². The number of nitrogens with zero attached hydrogens (tertiary/aromatic N) is 3. The molecule has 0 aliphatic carbocycles. The van der Waals surface area contributed by atoms with Crippen LogP contribution in [0.4, 0.5) is 0 Å². The second-order valence-corrected chi connectivity index (χ2v) is 8.15. The third-order valence-electron chi connectivity index (χ3n) is 3.69. The van der Waals surface area contributed by atoms with E-state index in [4.69, 9.17) is 4.99 Å². The monoisotopic (exact) mass is 420 g/mol. The second kappa shape index (κ2) is 6.34. The summed E-state index contributed by atoms with van der Waals surface area (Å²) in [6.45, 7) is 2.03. The molecule has 1 aromatic heterocycles. The summed E-state index contributed by atoms with van der Waals surface area (Å²) >= 11 is 6.59. The van der Waals surface area contributed by atoms with Crippen LogP contribution < -0.4 is 15.9 Å². The van der Waals surface area contributed by atoms with Crippen LogP contribution in [0.1, 0.15) is 18.7 Å². The molecular weight excluding hydrogens is 408 g/mol. The van der Waals surface area contributed by atoms with Gasteiger partial charge < -0.3 is 0 Å². The van der Waals surface area contributed by atoms with Gasteiger partial charge >= 0.3 is 0 Å². The van der Waals surface area contributed by atoms with E-state index in [-0.39, 0.29) is 12.1 Å². The lowest BCUT2D eigenvalue weighted by Gasteiger charge is -2.33. The van der Waals surface area contributed by atoms with Crippen molar-refractivity contribution >= 4 is 55.8 Å². The fourth-order valence-electron chi connectivity index (χ4n) is 2.69. The van der Waals surface area contributed by atoms with E-state index in [9.17, 15) is 4.79 Å². The SMILES string of the molecule is CCSC1=NN2C(=c3cc(Br)ccc3=NC2c2ccsc2)C(=O)N1. The molecule has 1 N–H and O–H groups in total. The largest absolute Gasteiger partial charge is 0.298 e. The zero-order valence-corrected chi connectivity index (χ0v) is 15.9. The van der Waals surface area contributed by atoms with Gasteiger partial charge in [0.1, 0.15) is 5.70 Å². The minimum Gasteiger partial charge on any atom is -0.298 e. The number of hydrogen-bond acceptors (Lipinski definition) is 6. The fraction of sp³-hybridized carbons (Fsp3) is 0.188. The third-order valence-corrected chi connectivity index (χ3v) is 5.63. The topological polar surface area (TPSA) is 57.1 Å². The Morgan fingerprint density at radius 3 is 3.04 bits per heavy atom. The van der Waals surface area contributed by atoms with Gasteiger partial charge in [-0.1, -0.05) is 34.6 Å². The van der Waals surface area contributed by atoms with Crippen LogP contribution in [0.3, 0.4) is 0 Å². The molecule has 1 atom stereocenters. The van der Waals surface area contributed by atoms with Crippen LogP contribution in [0.5, 0.6) is 0 Å². The molecule has 0 saturated heterocycles. The molecule has 122 valence electrons. The number of hydrazone groups is 1. The normalized spacial score (nSPS) is 19.2. The number of hydrogen-bond donors (Lipinski definition) is 1. The first kappa shape index (κ1) is 15.9. The van der Waals surface area contributed by atoms with Crippen molar-refractivity contribution in [3.05, 3.63) is 55.6 Å². The lowest BCUT2D eigenvalue weighted by atomic mass is 10.1. The number of carbonyl (C=O) groups is 1. The molecule has 8 heteroatoms. The summed E-state index contributed by atoms with van der Waals surface area (Å²) in [6.07, 6.45) is -0.321. The highest BCUT2D eigenvalue weighted by Crippen LogP contribution is 2.31. The minimum atomic E-state index is -0.321. The first-order valence-corrected chi connectivity index (χ1v) is 10.1. The van der Waals surface area contributed by atoms with Gasteiger partial charge in [-0.15, -0.1) is 5.10 Å². The maximum absolute atomic E-state index is 12.8. The molecule has 1 amide bonds. The Morgan fingerprint density at radius 2 is 2.29 bits per heavy atom. The van der Waals surface area contributed by atoms with E-state index >= 15 is 0 Å². The number of carbonyl (C=O) groups excluding carboxylic acids is 1. The number of fused-ring (bicyclic) bond motifs is 2. The Hall–Kier alpha value is -1.64. The number of halogens is 1. The Labute approximate surface area is 155 Å². The first-order valence-electron chi connectivity index (χ1n) is 7.39. The Bertz CT molecular complexity index is 955. The average Bonchev–Trinajstić information content (AvgIpc) is 3.08. The van der Waals surface area contributed by atoms with Gasteiger partial charge in [0.05, 0.1) is 5.36 Å². The Morgan fingerprint density at radius 1 is 1.42 bits per heavy atom. The van der Waals surface area contributed by atoms with Crippen molar-refractivity contribution in [2.24, 2.45) is 10.1 Å². The lowest BCUT2D eigenvalue weighted by Crippen LogP contribution is -2.50. The van der Waals surface area contributed by atoms with Crippen LogP contribution in [-0.2, 0) is 4.79 Å². The number of amidine groups is 1. The van der Waals surface area contributed by atoms with Crippen LogP contribution >= 0.6 is 39.0 Å². The Balaban J connectivity index is 1.98. The van der Waals surface area contributed by atoms with Crippen LogP contribution in [0, 0.1) is 0 Å². The third kappa shape index (κ3) is 2.68. The molecule has 1 unspecified atom stereocenters. The summed E-state index contributed by atoms with van der Waals surface area (Å²) in [7, 11) is 0. The molecule has 1 aromatic carbocycles. The van der Waals surface area contributed by atoms with Crippen molar-refractivity contribution in [2.45, 2.75) is 13.1 Å². The maximum atomic E-state index is 12.8. The van der Waals surface area contributed by atoms with Crippen molar-refractivity contribution in [2.75, 3.05) is 5.75 Å². The molecule has 24 heavy (non-hydrogen) atoms. The van der Waals surface area contributed by atoms with E-state index < -0.39 is 0 Å². The van der Waals surface area contributed by atoms with E-state index in [1.165, 1.54) is 11.8 Å².